The number of rotatable bonds is 10. The van der Waals surface area contributed by atoms with Crippen molar-refractivity contribution in [3.63, 3.8) is 0 Å². The highest BCUT2D eigenvalue weighted by molar-refractivity contribution is 4.93. The normalized spacial score (nSPS) is 21.1. The van der Waals surface area contributed by atoms with Crippen LogP contribution in [0.1, 0.15) is 94.9 Å². The van der Waals surface area contributed by atoms with Gasteiger partial charge in [-0.3, -0.25) is 0 Å². The lowest BCUT2D eigenvalue weighted by Gasteiger charge is -2.50. The van der Waals surface area contributed by atoms with Crippen LogP contribution in [0.2, 0.25) is 0 Å². The Morgan fingerprint density at radius 3 is 1.14 bits per heavy atom. The molecule has 0 aliphatic rings. The second-order valence-corrected chi connectivity index (χ2v) is 8.16. The summed E-state index contributed by atoms with van der Waals surface area (Å²) >= 11 is 0. The van der Waals surface area contributed by atoms with Gasteiger partial charge in [-0.05, 0) is 50.4 Å². The van der Waals surface area contributed by atoms with E-state index in [4.69, 9.17) is 4.74 Å². The Kier molecular flexibility index (Phi) is 8.54. The minimum absolute atomic E-state index is 0.0446. The Balaban J connectivity index is 5.43. The molecule has 0 saturated carbocycles. The summed E-state index contributed by atoms with van der Waals surface area (Å²) < 4.78 is 6.98. The summed E-state index contributed by atoms with van der Waals surface area (Å²) in [5.41, 5.74) is -0.0892. The average molecular weight is 299 g/mol. The molecule has 0 spiro atoms. The molecule has 0 aromatic carbocycles. The third kappa shape index (κ3) is 4.98. The molecule has 1 nitrogen and oxygen atoms in total. The Morgan fingerprint density at radius 1 is 0.667 bits per heavy atom. The lowest BCUT2D eigenvalue weighted by Crippen LogP contribution is -2.53. The Labute approximate surface area is 135 Å². The van der Waals surface area contributed by atoms with Crippen LogP contribution in [0.15, 0.2) is 0 Å². The molecule has 0 aromatic heterocycles. The van der Waals surface area contributed by atoms with Crippen LogP contribution in [0.5, 0.6) is 0 Å². The average Bonchev–Trinajstić information content (AvgIpc) is 2.38. The van der Waals surface area contributed by atoms with E-state index in [-0.39, 0.29) is 11.2 Å². The van der Waals surface area contributed by atoms with Gasteiger partial charge in [0.25, 0.3) is 0 Å². The van der Waals surface area contributed by atoms with Crippen LogP contribution in [-0.2, 0) is 4.74 Å². The predicted octanol–water partition coefficient (Wildman–Crippen LogP) is 6.70. The molecule has 0 fully saturated rings. The SMILES string of the molecule is CCCC(C)C(C)(OC(C)(C(C)C)C(C)CCC)C(C)C. The minimum Gasteiger partial charge on any atom is -0.368 e. The smallest absolute Gasteiger partial charge is 0.0710 e. The third-order valence-corrected chi connectivity index (χ3v) is 6.13. The summed E-state index contributed by atoms with van der Waals surface area (Å²) in [7, 11) is 0. The summed E-state index contributed by atoms with van der Waals surface area (Å²) in [6, 6.07) is 0. The van der Waals surface area contributed by atoms with Gasteiger partial charge in [0.1, 0.15) is 0 Å². The van der Waals surface area contributed by atoms with Crippen LogP contribution >= 0.6 is 0 Å². The van der Waals surface area contributed by atoms with Gasteiger partial charge in [0.15, 0.2) is 0 Å². The van der Waals surface area contributed by atoms with E-state index in [0.29, 0.717) is 23.7 Å². The van der Waals surface area contributed by atoms with Crippen molar-refractivity contribution >= 4 is 0 Å². The summed E-state index contributed by atoms with van der Waals surface area (Å²) in [5.74, 6) is 2.25. The van der Waals surface area contributed by atoms with Crippen LogP contribution in [0, 0.1) is 23.7 Å². The Bertz CT molecular complexity index is 256. The largest absolute Gasteiger partial charge is 0.368 e. The summed E-state index contributed by atoms with van der Waals surface area (Å²) in [6.07, 6.45) is 4.95. The van der Waals surface area contributed by atoms with E-state index in [1.54, 1.807) is 0 Å². The van der Waals surface area contributed by atoms with E-state index in [1.807, 2.05) is 0 Å². The first kappa shape index (κ1) is 21.0. The fraction of sp³-hybridized carbons (Fsp3) is 1.00. The summed E-state index contributed by atoms with van der Waals surface area (Å²) in [5, 5.41) is 0. The molecular formula is C20H42O. The van der Waals surface area contributed by atoms with Crippen LogP contribution in [0.4, 0.5) is 0 Å². The molecule has 128 valence electrons. The fourth-order valence-corrected chi connectivity index (χ4v) is 3.49. The molecule has 0 N–H and O–H groups in total. The van der Waals surface area contributed by atoms with Crippen molar-refractivity contribution in [2.75, 3.05) is 0 Å². The fourth-order valence-electron chi connectivity index (χ4n) is 3.49. The molecule has 0 aliphatic carbocycles. The highest BCUT2D eigenvalue weighted by Crippen LogP contribution is 2.43. The van der Waals surface area contributed by atoms with E-state index in [2.05, 4.69) is 69.2 Å². The zero-order valence-electron chi connectivity index (χ0n) is 16.5. The first-order valence-electron chi connectivity index (χ1n) is 9.26. The zero-order valence-corrected chi connectivity index (χ0v) is 16.5. The highest BCUT2D eigenvalue weighted by Gasteiger charge is 2.45. The minimum atomic E-state index is -0.0446. The molecule has 4 atom stereocenters. The van der Waals surface area contributed by atoms with Gasteiger partial charge in [-0.2, -0.15) is 0 Å². The van der Waals surface area contributed by atoms with Gasteiger partial charge in [-0.25, -0.2) is 0 Å². The van der Waals surface area contributed by atoms with Crippen molar-refractivity contribution < 1.29 is 4.74 Å². The van der Waals surface area contributed by atoms with Crippen LogP contribution in [0.3, 0.4) is 0 Å². The van der Waals surface area contributed by atoms with Crippen molar-refractivity contribution in [1.82, 2.24) is 0 Å². The van der Waals surface area contributed by atoms with Gasteiger partial charge in [0.2, 0.25) is 0 Å². The number of ether oxygens (including phenoxy) is 1. The molecule has 0 bridgehead atoms. The Morgan fingerprint density at radius 2 is 0.952 bits per heavy atom. The van der Waals surface area contributed by atoms with E-state index >= 15 is 0 Å². The molecular weight excluding hydrogens is 256 g/mol. The summed E-state index contributed by atoms with van der Waals surface area (Å²) in [4.78, 5) is 0. The van der Waals surface area contributed by atoms with E-state index < -0.39 is 0 Å². The van der Waals surface area contributed by atoms with Crippen molar-refractivity contribution in [2.24, 2.45) is 23.7 Å². The van der Waals surface area contributed by atoms with Crippen LogP contribution in [-0.4, -0.2) is 11.2 Å². The van der Waals surface area contributed by atoms with Crippen molar-refractivity contribution in [1.29, 1.82) is 0 Å². The number of hydrogen-bond acceptors (Lipinski definition) is 1. The van der Waals surface area contributed by atoms with Crippen molar-refractivity contribution in [2.45, 2.75) is 106 Å². The predicted molar refractivity (Wildman–Crippen MR) is 95.7 cm³/mol. The lowest BCUT2D eigenvalue weighted by molar-refractivity contribution is -0.222. The lowest BCUT2D eigenvalue weighted by atomic mass is 9.74. The maximum absolute atomic E-state index is 6.98. The molecule has 0 saturated heterocycles. The first-order chi connectivity index (χ1) is 9.56. The monoisotopic (exact) mass is 298 g/mol. The zero-order chi connectivity index (χ0) is 16.8. The highest BCUT2D eigenvalue weighted by atomic mass is 16.5. The van der Waals surface area contributed by atoms with E-state index in [1.165, 1.54) is 25.7 Å². The van der Waals surface area contributed by atoms with Crippen LogP contribution < -0.4 is 0 Å². The molecule has 0 aromatic rings. The molecule has 0 rings (SSSR count). The van der Waals surface area contributed by atoms with E-state index in [0.717, 1.165) is 0 Å². The van der Waals surface area contributed by atoms with Gasteiger partial charge in [0.05, 0.1) is 11.2 Å². The third-order valence-electron chi connectivity index (χ3n) is 6.13. The standard InChI is InChI=1S/C20H42O/c1-11-13-17(7)19(9,15(3)4)21-20(10,16(5)6)18(8)14-12-2/h15-18H,11-14H2,1-10H3. The first-order valence-corrected chi connectivity index (χ1v) is 9.26. The maximum Gasteiger partial charge on any atom is 0.0710 e. The van der Waals surface area contributed by atoms with Gasteiger partial charge in [-0.15, -0.1) is 0 Å². The van der Waals surface area contributed by atoms with Gasteiger partial charge in [0, 0.05) is 0 Å². The molecule has 4 unspecified atom stereocenters. The molecule has 0 aliphatic heterocycles. The quantitative estimate of drug-likeness (QED) is 0.436. The molecule has 0 radical (unpaired) electrons. The second-order valence-electron chi connectivity index (χ2n) is 8.16. The number of hydrogen-bond donors (Lipinski definition) is 0. The van der Waals surface area contributed by atoms with Crippen LogP contribution in [0.25, 0.3) is 0 Å². The molecule has 0 amide bonds. The topological polar surface area (TPSA) is 9.23 Å². The maximum atomic E-state index is 6.98. The van der Waals surface area contributed by atoms with Crippen molar-refractivity contribution in [3.8, 4) is 0 Å². The molecule has 0 heterocycles. The second kappa shape index (κ2) is 8.56. The molecule has 1 heteroatoms. The Hall–Kier alpha value is -0.0400. The molecule has 21 heavy (non-hydrogen) atoms. The van der Waals surface area contributed by atoms with Gasteiger partial charge >= 0.3 is 0 Å². The van der Waals surface area contributed by atoms with Gasteiger partial charge in [-0.1, -0.05) is 68.2 Å². The summed E-state index contributed by atoms with van der Waals surface area (Å²) in [6.45, 7) is 23.2. The van der Waals surface area contributed by atoms with Crippen molar-refractivity contribution in [3.05, 3.63) is 0 Å². The van der Waals surface area contributed by atoms with E-state index in [9.17, 15) is 0 Å². The van der Waals surface area contributed by atoms with Gasteiger partial charge < -0.3 is 4.74 Å².